The molecule has 1 heterocycles. The molecule has 2 rings (SSSR count). The van der Waals surface area contributed by atoms with Gasteiger partial charge < -0.3 is 4.74 Å². The molecule has 2 aromatic rings. The van der Waals surface area contributed by atoms with Crippen LogP contribution in [0.5, 0.6) is 5.75 Å². The van der Waals surface area contributed by atoms with E-state index in [1.54, 1.807) is 19.1 Å². The van der Waals surface area contributed by atoms with Crippen LogP contribution >= 0.6 is 15.9 Å². The number of hydrogen-bond acceptors (Lipinski definition) is 4. The van der Waals surface area contributed by atoms with Gasteiger partial charge in [-0.2, -0.15) is 10.1 Å². The van der Waals surface area contributed by atoms with Crippen molar-refractivity contribution in [3.63, 3.8) is 0 Å². The van der Waals surface area contributed by atoms with Gasteiger partial charge >= 0.3 is 0 Å². The second-order valence-corrected chi connectivity index (χ2v) is 4.45. The first-order chi connectivity index (χ1) is 8.65. The zero-order valence-corrected chi connectivity index (χ0v) is 11.1. The molecule has 0 spiro atoms. The number of benzene rings is 1. The molecule has 7 heteroatoms. The van der Waals surface area contributed by atoms with E-state index < -0.39 is 6.10 Å². The molecule has 1 aromatic heterocycles. The second kappa shape index (κ2) is 5.63. The number of H-pyrrole nitrogens is 1. The van der Waals surface area contributed by atoms with Crippen molar-refractivity contribution in [1.29, 1.82) is 0 Å². The van der Waals surface area contributed by atoms with E-state index in [-0.39, 0.29) is 5.91 Å². The van der Waals surface area contributed by atoms with Crippen molar-refractivity contribution in [2.75, 3.05) is 5.32 Å². The number of nitrogens with one attached hydrogen (secondary N) is 2. The summed E-state index contributed by atoms with van der Waals surface area (Å²) < 4.78 is 6.44. The molecule has 0 aliphatic rings. The van der Waals surface area contributed by atoms with Gasteiger partial charge in [0.05, 0.1) is 0 Å². The van der Waals surface area contributed by atoms with Gasteiger partial charge in [-0.05, 0) is 31.2 Å². The van der Waals surface area contributed by atoms with Crippen LogP contribution in [0.3, 0.4) is 0 Å². The van der Waals surface area contributed by atoms with E-state index in [1.165, 1.54) is 6.33 Å². The summed E-state index contributed by atoms with van der Waals surface area (Å²) >= 11 is 3.33. The monoisotopic (exact) mass is 310 g/mol. The van der Waals surface area contributed by atoms with Gasteiger partial charge in [0.1, 0.15) is 12.1 Å². The zero-order valence-electron chi connectivity index (χ0n) is 9.55. The summed E-state index contributed by atoms with van der Waals surface area (Å²) in [5.74, 6) is 0.624. The maximum atomic E-state index is 11.7. The Morgan fingerprint density at radius 3 is 2.78 bits per heavy atom. The van der Waals surface area contributed by atoms with E-state index in [0.717, 1.165) is 4.47 Å². The number of nitrogens with zero attached hydrogens (tertiary/aromatic N) is 2. The summed E-state index contributed by atoms with van der Waals surface area (Å²) in [6.07, 6.45) is 0.687. The molecule has 1 atom stereocenters. The smallest absolute Gasteiger partial charge is 0.267 e. The van der Waals surface area contributed by atoms with Crippen LogP contribution in [0.1, 0.15) is 6.92 Å². The molecular formula is C11H11BrN4O2. The maximum absolute atomic E-state index is 11.7. The first-order valence-corrected chi connectivity index (χ1v) is 6.03. The van der Waals surface area contributed by atoms with Gasteiger partial charge in [-0.15, -0.1) is 0 Å². The highest BCUT2D eigenvalue weighted by atomic mass is 79.9. The van der Waals surface area contributed by atoms with Gasteiger partial charge in [0.25, 0.3) is 5.91 Å². The molecular weight excluding hydrogens is 300 g/mol. The predicted molar refractivity (Wildman–Crippen MR) is 69.2 cm³/mol. The van der Waals surface area contributed by atoms with E-state index in [2.05, 4.69) is 36.4 Å². The van der Waals surface area contributed by atoms with E-state index >= 15 is 0 Å². The summed E-state index contributed by atoms with van der Waals surface area (Å²) in [4.78, 5) is 15.5. The molecule has 0 bridgehead atoms. The summed E-state index contributed by atoms with van der Waals surface area (Å²) in [5, 5.41) is 8.72. The molecule has 6 nitrogen and oxygen atoms in total. The number of carbonyl (C=O) groups is 1. The maximum Gasteiger partial charge on any atom is 0.267 e. The Hall–Kier alpha value is -1.89. The first-order valence-electron chi connectivity index (χ1n) is 5.23. The van der Waals surface area contributed by atoms with Crippen LogP contribution in [0.25, 0.3) is 0 Å². The van der Waals surface area contributed by atoms with Crippen LogP contribution < -0.4 is 10.1 Å². The predicted octanol–water partition coefficient (Wildman–Crippen LogP) is 1.97. The third-order valence-corrected chi connectivity index (χ3v) is 2.68. The number of hydrogen-bond donors (Lipinski definition) is 2. The number of halogens is 1. The number of amides is 1. The number of ether oxygens (including phenoxy) is 1. The van der Waals surface area contributed by atoms with Crippen LogP contribution in [0.15, 0.2) is 35.1 Å². The Labute approximate surface area is 112 Å². The van der Waals surface area contributed by atoms with Gasteiger partial charge in [0, 0.05) is 4.47 Å². The van der Waals surface area contributed by atoms with Crippen molar-refractivity contribution in [2.24, 2.45) is 0 Å². The minimum absolute atomic E-state index is 0.297. The highest BCUT2D eigenvalue weighted by Crippen LogP contribution is 2.17. The van der Waals surface area contributed by atoms with Crippen LogP contribution in [0.4, 0.5) is 5.95 Å². The van der Waals surface area contributed by atoms with Crippen LogP contribution in [0, 0.1) is 0 Å². The summed E-state index contributed by atoms with van der Waals surface area (Å²) in [5.41, 5.74) is 0. The van der Waals surface area contributed by atoms with Gasteiger partial charge in [0.2, 0.25) is 5.95 Å². The molecule has 0 saturated carbocycles. The molecule has 0 unspecified atom stereocenters. The minimum atomic E-state index is -0.628. The van der Waals surface area contributed by atoms with Crippen molar-refractivity contribution in [3.05, 3.63) is 35.1 Å². The summed E-state index contributed by atoms with van der Waals surface area (Å²) in [6, 6.07) is 7.25. The molecule has 2 N–H and O–H groups in total. The van der Waals surface area contributed by atoms with Gasteiger partial charge in [-0.3, -0.25) is 10.1 Å². The molecule has 0 aliphatic carbocycles. The fourth-order valence-electron chi connectivity index (χ4n) is 1.25. The average Bonchev–Trinajstić information content (AvgIpc) is 2.85. The minimum Gasteiger partial charge on any atom is -0.481 e. The van der Waals surface area contributed by atoms with Crippen molar-refractivity contribution < 1.29 is 9.53 Å². The largest absolute Gasteiger partial charge is 0.481 e. The van der Waals surface area contributed by atoms with E-state index in [1.807, 2.05) is 12.1 Å². The highest BCUT2D eigenvalue weighted by molar-refractivity contribution is 9.10. The summed E-state index contributed by atoms with van der Waals surface area (Å²) in [7, 11) is 0. The average molecular weight is 311 g/mol. The lowest BCUT2D eigenvalue weighted by molar-refractivity contribution is -0.122. The first kappa shape index (κ1) is 12.6. The van der Waals surface area contributed by atoms with Crippen molar-refractivity contribution in [1.82, 2.24) is 15.2 Å². The van der Waals surface area contributed by atoms with Crippen molar-refractivity contribution in [2.45, 2.75) is 13.0 Å². The third kappa shape index (κ3) is 3.30. The number of aromatic amines is 1. The van der Waals surface area contributed by atoms with E-state index in [9.17, 15) is 4.79 Å². The Bertz CT molecular complexity index is 512. The molecule has 0 aliphatic heterocycles. The number of carbonyl (C=O) groups excluding carboxylic acids is 1. The topological polar surface area (TPSA) is 79.9 Å². The number of anilines is 1. The molecule has 18 heavy (non-hydrogen) atoms. The van der Waals surface area contributed by atoms with E-state index in [4.69, 9.17) is 4.74 Å². The molecule has 0 radical (unpaired) electrons. The van der Waals surface area contributed by atoms with Crippen LogP contribution in [0.2, 0.25) is 0 Å². The lowest BCUT2D eigenvalue weighted by atomic mass is 10.3. The number of rotatable bonds is 4. The van der Waals surface area contributed by atoms with Gasteiger partial charge in [-0.25, -0.2) is 5.10 Å². The Kier molecular flexibility index (Phi) is 3.93. The van der Waals surface area contributed by atoms with Crippen LogP contribution in [-0.4, -0.2) is 27.2 Å². The number of aromatic nitrogens is 3. The second-order valence-electron chi connectivity index (χ2n) is 3.54. The highest BCUT2D eigenvalue weighted by Gasteiger charge is 2.15. The standard InChI is InChI=1S/C11H11BrN4O2/c1-7(10(17)15-11-13-6-14-16-11)18-9-4-2-8(12)3-5-9/h2-7H,1H3,(H2,13,14,15,16,17)/t7-/m1/s1. The fraction of sp³-hybridized carbons (Fsp3) is 0.182. The molecule has 94 valence electrons. The van der Waals surface area contributed by atoms with Crippen LogP contribution in [-0.2, 0) is 4.79 Å². The molecule has 0 saturated heterocycles. The zero-order chi connectivity index (χ0) is 13.0. The Morgan fingerprint density at radius 2 is 2.17 bits per heavy atom. The SMILES string of the molecule is C[C@@H](Oc1ccc(Br)cc1)C(=O)Nc1ncn[nH]1. The third-order valence-electron chi connectivity index (χ3n) is 2.15. The lowest BCUT2D eigenvalue weighted by Crippen LogP contribution is -2.30. The fourth-order valence-corrected chi connectivity index (χ4v) is 1.52. The molecule has 0 fully saturated rings. The molecule has 1 aromatic carbocycles. The van der Waals surface area contributed by atoms with E-state index in [0.29, 0.717) is 11.7 Å². The van der Waals surface area contributed by atoms with Crippen molar-refractivity contribution in [3.8, 4) is 5.75 Å². The normalized spacial score (nSPS) is 11.9. The van der Waals surface area contributed by atoms with Gasteiger partial charge in [-0.1, -0.05) is 15.9 Å². The summed E-state index contributed by atoms with van der Waals surface area (Å²) in [6.45, 7) is 1.66. The van der Waals surface area contributed by atoms with Gasteiger partial charge in [0.15, 0.2) is 6.10 Å². The quantitative estimate of drug-likeness (QED) is 0.905. The van der Waals surface area contributed by atoms with Crippen molar-refractivity contribution >= 4 is 27.8 Å². The Morgan fingerprint density at radius 1 is 1.44 bits per heavy atom. The Balaban J connectivity index is 1.93. The lowest BCUT2D eigenvalue weighted by Gasteiger charge is -2.13. The molecule has 1 amide bonds.